The molecule has 0 saturated heterocycles. The number of nitrogen functional groups attached to an aromatic ring is 1. The molecule has 22 heavy (non-hydrogen) atoms. The normalized spacial score (nSPS) is 12.0. The monoisotopic (exact) mass is 328 g/mol. The number of sulfone groups is 1. The number of rotatable bonds is 5. The van der Waals surface area contributed by atoms with Gasteiger partial charge in [-0.1, -0.05) is 6.07 Å². The van der Waals surface area contributed by atoms with Crippen molar-refractivity contribution in [2.45, 2.75) is 38.5 Å². The average Bonchev–Trinajstić information content (AvgIpc) is 2.27. The summed E-state index contributed by atoms with van der Waals surface area (Å²) in [7, 11) is -3.15. The zero-order valence-corrected chi connectivity index (χ0v) is 14.3. The Morgan fingerprint density at radius 2 is 1.91 bits per heavy atom. The van der Waals surface area contributed by atoms with Gasteiger partial charge in [0.25, 0.3) is 0 Å². The first kappa shape index (κ1) is 18.3. The van der Waals surface area contributed by atoms with Crippen molar-refractivity contribution in [1.29, 1.82) is 0 Å². The van der Waals surface area contributed by atoms with Crippen molar-refractivity contribution < 1.29 is 17.9 Å². The number of nitrogens with two attached hydrogens (primary N) is 1. The van der Waals surface area contributed by atoms with Crippen LogP contribution in [0.15, 0.2) is 18.2 Å². The lowest BCUT2D eigenvalue weighted by atomic mass is 10.1. The zero-order valence-electron chi connectivity index (χ0n) is 13.5. The van der Waals surface area contributed by atoms with Crippen LogP contribution in [0.4, 0.5) is 10.5 Å². The van der Waals surface area contributed by atoms with Crippen LogP contribution in [0.2, 0.25) is 0 Å². The highest BCUT2D eigenvalue weighted by Gasteiger charge is 2.16. The lowest BCUT2D eigenvalue weighted by Crippen LogP contribution is -2.33. The van der Waals surface area contributed by atoms with Crippen LogP contribution in [-0.2, 0) is 26.7 Å². The molecule has 0 aliphatic rings. The topological polar surface area (TPSA) is 98.5 Å². The van der Waals surface area contributed by atoms with Crippen molar-refractivity contribution in [2.24, 2.45) is 0 Å². The van der Waals surface area contributed by atoms with Crippen LogP contribution in [0.25, 0.3) is 0 Å². The van der Waals surface area contributed by atoms with E-state index < -0.39 is 21.5 Å². The van der Waals surface area contributed by atoms with E-state index in [1.807, 2.05) is 0 Å². The standard InChI is InChI=1S/C15H24N2O4S/c1-15(2,3)21-14(18)17-8-7-11-5-6-13(16)9-12(11)10-22(4,19)20/h5-6,9H,7-8,10,16H2,1-4H3,(H,17,18). The van der Waals surface area contributed by atoms with Crippen LogP contribution < -0.4 is 11.1 Å². The molecular formula is C15H24N2O4S. The minimum atomic E-state index is -3.15. The quantitative estimate of drug-likeness (QED) is 0.804. The zero-order chi connectivity index (χ0) is 17.0. The lowest BCUT2D eigenvalue weighted by Gasteiger charge is -2.19. The van der Waals surface area contributed by atoms with Crippen molar-refractivity contribution in [3.05, 3.63) is 29.3 Å². The number of carbonyl (C=O) groups is 1. The molecule has 1 rings (SSSR count). The minimum absolute atomic E-state index is 0.0696. The van der Waals surface area contributed by atoms with Crippen molar-refractivity contribution >= 4 is 21.6 Å². The predicted octanol–water partition coefficient (Wildman–Crippen LogP) is 1.88. The number of nitrogens with one attached hydrogen (secondary N) is 1. The second-order valence-electron chi connectivity index (χ2n) is 6.28. The fourth-order valence-corrected chi connectivity index (χ4v) is 2.75. The fourth-order valence-electron chi connectivity index (χ4n) is 1.92. The Balaban J connectivity index is 2.68. The third-order valence-corrected chi connectivity index (χ3v) is 3.55. The highest BCUT2D eigenvalue weighted by Crippen LogP contribution is 2.17. The molecule has 0 aliphatic carbocycles. The molecule has 0 saturated carbocycles. The van der Waals surface area contributed by atoms with Crippen molar-refractivity contribution in [3.8, 4) is 0 Å². The predicted molar refractivity (Wildman–Crippen MR) is 87.3 cm³/mol. The van der Waals surface area contributed by atoms with Gasteiger partial charge in [-0.2, -0.15) is 0 Å². The summed E-state index contributed by atoms with van der Waals surface area (Å²) in [6.07, 6.45) is 1.19. The van der Waals surface area contributed by atoms with Gasteiger partial charge in [-0.3, -0.25) is 0 Å². The Bertz CT molecular complexity index is 633. The molecule has 0 bridgehead atoms. The van der Waals surface area contributed by atoms with E-state index in [1.54, 1.807) is 39.0 Å². The molecule has 0 aliphatic heterocycles. The largest absolute Gasteiger partial charge is 0.444 e. The third-order valence-electron chi connectivity index (χ3n) is 2.71. The summed E-state index contributed by atoms with van der Waals surface area (Å²) in [6.45, 7) is 5.72. The third kappa shape index (κ3) is 7.31. The number of ether oxygens (including phenoxy) is 1. The molecule has 0 fully saturated rings. The first-order valence-corrected chi connectivity index (χ1v) is 9.04. The second-order valence-corrected chi connectivity index (χ2v) is 8.42. The number of carbonyl (C=O) groups excluding carboxylic acids is 1. The van der Waals surface area contributed by atoms with Gasteiger partial charge in [0.15, 0.2) is 9.84 Å². The molecule has 1 aromatic rings. The molecule has 0 radical (unpaired) electrons. The van der Waals surface area contributed by atoms with Crippen LogP contribution in [0.3, 0.4) is 0 Å². The number of hydrogen-bond acceptors (Lipinski definition) is 5. The summed E-state index contributed by atoms with van der Waals surface area (Å²) in [5, 5.41) is 2.65. The average molecular weight is 328 g/mol. The van der Waals surface area contributed by atoms with Gasteiger partial charge in [0, 0.05) is 18.5 Å². The van der Waals surface area contributed by atoms with E-state index in [4.69, 9.17) is 10.5 Å². The summed E-state index contributed by atoms with van der Waals surface area (Å²) in [6, 6.07) is 5.16. The number of benzene rings is 1. The van der Waals surface area contributed by atoms with Gasteiger partial charge in [-0.25, -0.2) is 13.2 Å². The molecule has 124 valence electrons. The van der Waals surface area contributed by atoms with E-state index in [0.29, 0.717) is 24.2 Å². The maximum atomic E-state index is 11.6. The molecule has 3 N–H and O–H groups in total. The second kappa shape index (κ2) is 7.00. The number of alkyl carbamates (subject to hydrolysis) is 1. The van der Waals surface area contributed by atoms with Crippen molar-refractivity contribution in [2.75, 3.05) is 18.5 Å². The highest BCUT2D eigenvalue weighted by molar-refractivity contribution is 7.89. The molecule has 1 aromatic carbocycles. The number of hydrogen-bond donors (Lipinski definition) is 2. The summed E-state index contributed by atoms with van der Waals surface area (Å²) < 4.78 is 28.1. The lowest BCUT2D eigenvalue weighted by molar-refractivity contribution is 0.0528. The molecule has 0 spiro atoms. The Hall–Kier alpha value is -1.76. The Labute approximate surface area is 132 Å². The van der Waals surface area contributed by atoms with Gasteiger partial charge < -0.3 is 15.8 Å². The fraction of sp³-hybridized carbons (Fsp3) is 0.533. The number of anilines is 1. The minimum Gasteiger partial charge on any atom is -0.444 e. The van der Waals surface area contributed by atoms with Crippen molar-refractivity contribution in [3.63, 3.8) is 0 Å². The SMILES string of the molecule is CC(C)(C)OC(=O)NCCc1ccc(N)cc1CS(C)(=O)=O. The van der Waals surface area contributed by atoms with E-state index >= 15 is 0 Å². The molecule has 0 aromatic heterocycles. The Morgan fingerprint density at radius 3 is 2.45 bits per heavy atom. The smallest absolute Gasteiger partial charge is 0.407 e. The molecule has 7 heteroatoms. The summed E-state index contributed by atoms with van der Waals surface area (Å²) in [5.41, 5.74) is 7.18. The van der Waals surface area contributed by atoms with Gasteiger partial charge in [0.05, 0.1) is 5.75 Å². The van der Waals surface area contributed by atoms with Gasteiger partial charge in [-0.15, -0.1) is 0 Å². The molecule has 0 unspecified atom stereocenters. The first-order chi connectivity index (χ1) is 9.96. The van der Waals surface area contributed by atoms with E-state index in [2.05, 4.69) is 5.32 Å². The van der Waals surface area contributed by atoms with E-state index in [-0.39, 0.29) is 5.75 Å². The highest BCUT2D eigenvalue weighted by atomic mass is 32.2. The maximum absolute atomic E-state index is 11.6. The molecule has 6 nitrogen and oxygen atoms in total. The first-order valence-electron chi connectivity index (χ1n) is 6.98. The van der Waals surface area contributed by atoms with Crippen molar-refractivity contribution in [1.82, 2.24) is 5.32 Å². The number of amides is 1. The molecular weight excluding hydrogens is 304 g/mol. The van der Waals surface area contributed by atoms with Crippen LogP contribution in [-0.4, -0.2) is 32.9 Å². The molecule has 1 amide bonds. The summed E-state index contributed by atoms with van der Waals surface area (Å²) in [5.74, 6) is -0.0696. The van der Waals surface area contributed by atoms with Crippen LogP contribution in [0.1, 0.15) is 31.9 Å². The van der Waals surface area contributed by atoms with Gasteiger partial charge in [0.2, 0.25) is 0 Å². The molecule has 0 atom stereocenters. The van der Waals surface area contributed by atoms with E-state index in [9.17, 15) is 13.2 Å². The van der Waals surface area contributed by atoms with Gasteiger partial charge in [0.1, 0.15) is 5.60 Å². The summed E-state index contributed by atoms with van der Waals surface area (Å²) >= 11 is 0. The van der Waals surface area contributed by atoms with Gasteiger partial charge >= 0.3 is 6.09 Å². The summed E-state index contributed by atoms with van der Waals surface area (Å²) in [4.78, 5) is 11.6. The Kier molecular flexibility index (Phi) is 5.82. The maximum Gasteiger partial charge on any atom is 0.407 e. The van der Waals surface area contributed by atoms with E-state index in [0.717, 1.165) is 5.56 Å². The van der Waals surface area contributed by atoms with Crippen LogP contribution in [0.5, 0.6) is 0 Å². The van der Waals surface area contributed by atoms with Crippen LogP contribution in [0, 0.1) is 0 Å². The van der Waals surface area contributed by atoms with Gasteiger partial charge in [-0.05, 0) is 50.5 Å². The van der Waals surface area contributed by atoms with E-state index in [1.165, 1.54) is 6.26 Å². The van der Waals surface area contributed by atoms with Crippen LogP contribution >= 0.6 is 0 Å². The molecule has 0 heterocycles. The Morgan fingerprint density at radius 1 is 1.27 bits per heavy atom.